The summed E-state index contributed by atoms with van der Waals surface area (Å²) >= 11 is 13.6. The topological polar surface area (TPSA) is 67.8 Å². The number of carbonyl (C=O) groups is 2. The molecule has 0 fully saturated rings. The lowest BCUT2D eigenvalue weighted by molar-refractivity contribution is -0.117. The van der Waals surface area contributed by atoms with Crippen LogP contribution in [0.25, 0.3) is 6.08 Å². The van der Waals surface area contributed by atoms with E-state index in [1.165, 1.54) is 19.1 Å². The van der Waals surface area contributed by atoms with E-state index in [9.17, 15) is 14.0 Å². The van der Waals surface area contributed by atoms with Crippen LogP contribution in [0.4, 0.5) is 4.39 Å². The van der Waals surface area contributed by atoms with Gasteiger partial charge in [0.1, 0.15) is 12.4 Å². The molecule has 0 saturated heterocycles. The number of amidine groups is 1. The number of benzene rings is 2. The largest absolute Gasteiger partial charge is 0.486 e. The van der Waals surface area contributed by atoms with Crippen molar-refractivity contribution in [2.75, 3.05) is 0 Å². The van der Waals surface area contributed by atoms with E-state index in [4.69, 9.17) is 27.9 Å². The molecule has 2 amide bonds. The fourth-order valence-electron chi connectivity index (χ4n) is 2.35. The summed E-state index contributed by atoms with van der Waals surface area (Å²) in [5.41, 5.74) is 1.21. The van der Waals surface area contributed by atoms with Crippen LogP contribution < -0.4 is 10.1 Å². The molecule has 0 radical (unpaired) electrons. The van der Waals surface area contributed by atoms with Gasteiger partial charge in [0.05, 0.1) is 15.0 Å². The molecule has 0 aromatic heterocycles. The normalized spacial score (nSPS) is 14.9. The third-order valence-electron chi connectivity index (χ3n) is 3.49. The van der Waals surface area contributed by atoms with Crippen LogP contribution in [0.15, 0.2) is 46.3 Å². The Balaban J connectivity index is 1.75. The van der Waals surface area contributed by atoms with Crippen molar-refractivity contribution in [1.29, 1.82) is 0 Å². The van der Waals surface area contributed by atoms with Gasteiger partial charge in [-0.2, -0.15) is 4.99 Å². The SMILES string of the molecule is CC(=O)NC1=NC(=O)C(=Cc2cc(Cl)c(OCc3cccc(F)c3)c(Cl)c2)S1. The molecule has 1 N–H and O–H groups in total. The quantitative estimate of drug-likeness (QED) is 0.694. The first-order valence-electron chi connectivity index (χ1n) is 7.98. The van der Waals surface area contributed by atoms with Crippen molar-refractivity contribution >= 4 is 58.0 Å². The lowest BCUT2D eigenvalue weighted by Crippen LogP contribution is -2.23. The van der Waals surface area contributed by atoms with Crippen LogP contribution in [0.3, 0.4) is 0 Å². The third-order valence-corrected chi connectivity index (χ3v) is 4.95. The Labute approximate surface area is 174 Å². The summed E-state index contributed by atoms with van der Waals surface area (Å²) in [6.07, 6.45) is 1.57. The highest BCUT2D eigenvalue weighted by molar-refractivity contribution is 8.18. The molecule has 28 heavy (non-hydrogen) atoms. The van der Waals surface area contributed by atoms with Crippen LogP contribution in [0, 0.1) is 5.82 Å². The zero-order valence-electron chi connectivity index (χ0n) is 14.5. The van der Waals surface area contributed by atoms with Crippen molar-refractivity contribution in [1.82, 2.24) is 5.32 Å². The van der Waals surface area contributed by atoms with Crippen molar-refractivity contribution in [3.05, 3.63) is 68.3 Å². The van der Waals surface area contributed by atoms with Crippen LogP contribution >= 0.6 is 35.0 Å². The Morgan fingerprint density at radius 2 is 2.00 bits per heavy atom. The van der Waals surface area contributed by atoms with Gasteiger partial charge in [-0.3, -0.25) is 9.59 Å². The van der Waals surface area contributed by atoms with E-state index >= 15 is 0 Å². The molecule has 0 spiro atoms. The second-order valence-electron chi connectivity index (χ2n) is 5.75. The van der Waals surface area contributed by atoms with Gasteiger partial charge in [-0.25, -0.2) is 4.39 Å². The van der Waals surface area contributed by atoms with E-state index in [-0.39, 0.29) is 39.3 Å². The molecule has 0 atom stereocenters. The number of rotatable bonds is 4. The number of hydrogen-bond acceptors (Lipinski definition) is 4. The van der Waals surface area contributed by atoms with Crippen LogP contribution in [0.5, 0.6) is 5.75 Å². The Morgan fingerprint density at radius 3 is 2.64 bits per heavy atom. The number of nitrogens with one attached hydrogen (secondary N) is 1. The molecule has 1 heterocycles. The highest BCUT2D eigenvalue weighted by atomic mass is 35.5. The average molecular weight is 439 g/mol. The first-order chi connectivity index (χ1) is 13.3. The lowest BCUT2D eigenvalue weighted by Gasteiger charge is -2.11. The maximum atomic E-state index is 13.3. The fourth-order valence-corrected chi connectivity index (χ4v) is 3.82. The molecule has 2 aromatic carbocycles. The minimum Gasteiger partial charge on any atom is -0.486 e. The molecule has 0 aliphatic carbocycles. The lowest BCUT2D eigenvalue weighted by atomic mass is 10.2. The Bertz CT molecular complexity index is 1000. The van der Waals surface area contributed by atoms with Crippen molar-refractivity contribution in [2.45, 2.75) is 13.5 Å². The maximum absolute atomic E-state index is 13.3. The number of halogens is 3. The van der Waals surface area contributed by atoms with Gasteiger partial charge in [0, 0.05) is 6.92 Å². The number of thioether (sulfide) groups is 1. The summed E-state index contributed by atoms with van der Waals surface area (Å²) in [6, 6.07) is 9.18. The second kappa shape index (κ2) is 8.77. The molecule has 0 bridgehead atoms. The number of amides is 2. The third kappa shape index (κ3) is 5.13. The van der Waals surface area contributed by atoms with Crippen molar-refractivity contribution < 1.29 is 18.7 Å². The van der Waals surface area contributed by atoms with Gasteiger partial charge in [-0.05, 0) is 53.2 Å². The zero-order valence-corrected chi connectivity index (χ0v) is 16.8. The Morgan fingerprint density at radius 1 is 1.29 bits per heavy atom. The summed E-state index contributed by atoms with van der Waals surface area (Å²) in [4.78, 5) is 27.1. The first kappa shape index (κ1) is 20.4. The van der Waals surface area contributed by atoms with Crippen molar-refractivity contribution in [3.63, 3.8) is 0 Å². The van der Waals surface area contributed by atoms with E-state index in [2.05, 4.69) is 10.3 Å². The molecule has 0 saturated carbocycles. The monoisotopic (exact) mass is 438 g/mol. The minimum atomic E-state index is -0.465. The average Bonchev–Trinajstić information content (AvgIpc) is 2.92. The van der Waals surface area contributed by atoms with E-state index in [0.29, 0.717) is 16.0 Å². The highest BCUT2D eigenvalue weighted by Crippen LogP contribution is 2.36. The second-order valence-corrected chi connectivity index (χ2v) is 7.59. The fraction of sp³-hybridized carbons (Fsp3) is 0.105. The van der Waals surface area contributed by atoms with Gasteiger partial charge in [0.2, 0.25) is 5.91 Å². The predicted octanol–water partition coefficient (Wildman–Crippen LogP) is 4.82. The molecule has 144 valence electrons. The highest BCUT2D eigenvalue weighted by Gasteiger charge is 2.23. The van der Waals surface area contributed by atoms with Gasteiger partial charge in [-0.15, -0.1) is 0 Å². The Hall–Kier alpha value is -2.35. The zero-order chi connectivity index (χ0) is 20.3. The molecule has 9 heteroatoms. The van der Waals surface area contributed by atoms with Gasteiger partial charge >= 0.3 is 0 Å². The van der Waals surface area contributed by atoms with Crippen LogP contribution in [-0.4, -0.2) is 17.0 Å². The number of carbonyl (C=O) groups excluding carboxylic acids is 2. The van der Waals surface area contributed by atoms with Crippen LogP contribution in [-0.2, 0) is 16.2 Å². The minimum absolute atomic E-state index is 0.0971. The summed E-state index contributed by atoms with van der Waals surface area (Å²) in [6.45, 7) is 1.43. The number of ether oxygens (including phenoxy) is 1. The van der Waals surface area contributed by atoms with Gasteiger partial charge in [-0.1, -0.05) is 35.3 Å². The number of aliphatic imine (C=N–C) groups is 1. The van der Waals surface area contributed by atoms with Gasteiger partial charge < -0.3 is 10.1 Å². The predicted molar refractivity (Wildman–Crippen MR) is 109 cm³/mol. The molecule has 1 aliphatic rings. The van der Waals surface area contributed by atoms with E-state index in [0.717, 1.165) is 11.8 Å². The summed E-state index contributed by atoms with van der Waals surface area (Å²) < 4.78 is 18.9. The summed E-state index contributed by atoms with van der Waals surface area (Å²) in [7, 11) is 0. The van der Waals surface area contributed by atoms with Crippen molar-refractivity contribution in [2.24, 2.45) is 4.99 Å². The van der Waals surface area contributed by atoms with E-state index < -0.39 is 5.91 Å². The number of hydrogen-bond donors (Lipinski definition) is 1. The summed E-state index contributed by atoms with van der Waals surface area (Å²) in [5, 5.41) is 3.18. The van der Waals surface area contributed by atoms with Crippen LogP contribution in [0.1, 0.15) is 18.1 Å². The molecule has 5 nitrogen and oxygen atoms in total. The molecular formula is C19H13Cl2FN2O3S. The summed E-state index contributed by atoms with van der Waals surface area (Å²) in [5.74, 6) is -0.881. The van der Waals surface area contributed by atoms with Crippen molar-refractivity contribution in [3.8, 4) is 5.75 Å². The standard InChI is InChI=1S/C19H13Cl2FN2O3S/c1-10(25)23-19-24-18(26)16(28-19)8-12-6-14(20)17(15(21)7-12)27-9-11-3-2-4-13(22)5-11/h2-8H,9H2,1H3,(H,23,24,25,26). The maximum Gasteiger partial charge on any atom is 0.286 e. The Kier molecular flexibility index (Phi) is 6.39. The molecule has 2 aromatic rings. The number of nitrogens with zero attached hydrogens (tertiary/aromatic N) is 1. The van der Waals surface area contributed by atoms with Crippen LogP contribution in [0.2, 0.25) is 10.0 Å². The molecule has 3 rings (SSSR count). The van der Waals surface area contributed by atoms with Gasteiger partial charge in [0.25, 0.3) is 5.91 Å². The van der Waals surface area contributed by atoms with Gasteiger partial charge in [0.15, 0.2) is 10.9 Å². The van der Waals surface area contributed by atoms with E-state index in [1.807, 2.05) is 0 Å². The molecule has 0 unspecified atom stereocenters. The smallest absolute Gasteiger partial charge is 0.286 e. The first-order valence-corrected chi connectivity index (χ1v) is 9.55. The molecule has 1 aliphatic heterocycles. The molecular weight excluding hydrogens is 426 g/mol. The van der Waals surface area contributed by atoms with E-state index in [1.54, 1.807) is 30.3 Å².